The summed E-state index contributed by atoms with van der Waals surface area (Å²) in [4.78, 5) is 0. The molecule has 0 unspecified atom stereocenters. The first kappa shape index (κ1) is 9.99. The van der Waals surface area contributed by atoms with E-state index in [-0.39, 0.29) is 0 Å². The summed E-state index contributed by atoms with van der Waals surface area (Å²) >= 11 is 0. The van der Waals surface area contributed by atoms with Gasteiger partial charge in [0.05, 0.1) is 5.69 Å². The van der Waals surface area contributed by atoms with Gasteiger partial charge in [-0.3, -0.25) is 4.68 Å². The average Bonchev–Trinajstić information content (AvgIpc) is 2.41. The summed E-state index contributed by atoms with van der Waals surface area (Å²) in [5, 5.41) is 4.26. The van der Waals surface area contributed by atoms with Gasteiger partial charge < -0.3 is 5.73 Å². The van der Waals surface area contributed by atoms with Crippen LogP contribution in [-0.4, -0.2) is 16.3 Å². The van der Waals surface area contributed by atoms with E-state index >= 15 is 0 Å². The lowest BCUT2D eigenvalue weighted by Gasteiger charge is -1.98. The summed E-state index contributed by atoms with van der Waals surface area (Å²) in [6.45, 7) is 4.75. The van der Waals surface area contributed by atoms with Crippen molar-refractivity contribution < 1.29 is 0 Å². The number of hydrogen-bond acceptors (Lipinski definition) is 2. The van der Waals surface area contributed by atoms with Crippen LogP contribution < -0.4 is 5.73 Å². The maximum Gasteiger partial charge on any atom is 0.0665 e. The van der Waals surface area contributed by atoms with Crippen molar-refractivity contribution in [2.75, 3.05) is 6.54 Å². The number of nitrogens with zero attached hydrogens (tertiary/aromatic N) is 2. The van der Waals surface area contributed by atoms with Crippen LogP contribution in [0.5, 0.6) is 0 Å². The molecule has 1 aromatic rings. The first-order valence-corrected chi connectivity index (χ1v) is 4.57. The van der Waals surface area contributed by atoms with E-state index < -0.39 is 0 Å². The van der Waals surface area contributed by atoms with Crippen molar-refractivity contribution in [3.8, 4) is 0 Å². The summed E-state index contributed by atoms with van der Waals surface area (Å²) in [6, 6.07) is 0. The van der Waals surface area contributed by atoms with Crippen LogP contribution in [0.3, 0.4) is 0 Å². The molecule has 0 bridgehead atoms. The molecule has 1 aromatic heterocycles. The first-order chi connectivity index (χ1) is 6.17. The highest BCUT2D eigenvalue weighted by Crippen LogP contribution is 2.11. The Morgan fingerprint density at radius 1 is 1.69 bits per heavy atom. The predicted octanol–water partition coefficient (Wildman–Crippen LogP) is 1.48. The van der Waals surface area contributed by atoms with Gasteiger partial charge in [0.25, 0.3) is 0 Å². The molecule has 3 nitrogen and oxygen atoms in total. The highest BCUT2D eigenvalue weighted by molar-refractivity contribution is 5.54. The number of rotatable bonds is 3. The lowest BCUT2D eigenvalue weighted by Crippen LogP contribution is -2.01. The van der Waals surface area contributed by atoms with Gasteiger partial charge in [-0.1, -0.05) is 18.6 Å². The third-order valence-electron chi connectivity index (χ3n) is 2.13. The molecule has 72 valence electrons. The van der Waals surface area contributed by atoms with Crippen molar-refractivity contribution >= 4 is 6.08 Å². The lowest BCUT2D eigenvalue weighted by atomic mass is 10.1. The van der Waals surface area contributed by atoms with Gasteiger partial charge in [0.2, 0.25) is 0 Å². The zero-order chi connectivity index (χ0) is 9.84. The number of aryl methyl sites for hydroxylation is 2. The molecule has 2 N–H and O–H groups in total. The van der Waals surface area contributed by atoms with Crippen molar-refractivity contribution in [3.63, 3.8) is 0 Å². The standard InChI is InChI=1S/C10H17N3/c1-4-9(6-11)5-10-7-13(3)12-8(10)2/h5,7H,4,6,11H2,1-3H3/b9-5+. The lowest BCUT2D eigenvalue weighted by molar-refractivity contribution is 0.756. The van der Waals surface area contributed by atoms with Gasteiger partial charge in [0, 0.05) is 25.4 Å². The second kappa shape index (κ2) is 4.23. The van der Waals surface area contributed by atoms with Gasteiger partial charge in [0.1, 0.15) is 0 Å². The molecule has 0 spiro atoms. The number of nitrogens with two attached hydrogens (primary N) is 1. The molecule has 0 radical (unpaired) electrons. The van der Waals surface area contributed by atoms with Crippen LogP contribution in [-0.2, 0) is 7.05 Å². The van der Waals surface area contributed by atoms with Gasteiger partial charge in [-0.25, -0.2) is 0 Å². The van der Waals surface area contributed by atoms with Crippen molar-refractivity contribution in [1.29, 1.82) is 0 Å². The molecule has 1 heterocycles. The van der Waals surface area contributed by atoms with Gasteiger partial charge in [0.15, 0.2) is 0 Å². The summed E-state index contributed by atoms with van der Waals surface area (Å²) in [7, 11) is 1.93. The van der Waals surface area contributed by atoms with E-state index in [2.05, 4.69) is 18.1 Å². The van der Waals surface area contributed by atoms with Gasteiger partial charge >= 0.3 is 0 Å². The Balaban J connectivity index is 2.95. The maximum absolute atomic E-state index is 5.59. The van der Waals surface area contributed by atoms with Crippen LogP contribution in [0.15, 0.2) is 11.8 Å². The van der Waals surface area contributed by atoms with Crippen LogP contribution in [0, 0.1) is 6.92 Å². The Morgan fingerprint density at radius 3 is 2.77 bits per heavy atom. The van der Waals surface area contributed by atoms with E-state index in [0.717, 1.165) is 12.1 Å². The molecule has 0 aliphatic rings. The summed E-state index contributed by atoms with van der Waals surface area (Å²) in [5.74, 6) is 0. The molecule has 0 amide bonds. The topological polar surface area (TPSA) is 43.8 Å². The Labute approximate surface area is 79.2 Å². The molecular weight excluding hydrogens is 162 g/mol. The van der Waals surface area contributed by atoms with Gasteiger partial charge in [-0.2, -0.15) is 5.10 Å². The second-order valence-corrected chi connectivity index (χ2v) is 3.20. The number of aromatic nitrogens is 2. The Morgan fingerprint density at radius 2 is 2.38 bits per heavy atom. The predicted molar refractivity (Wildman–Crippen MR) is 55.3 cm³/mol. The van der Waals surface area contributed by atoms with Crippen LogP contribution in [0.1, 0.15) is 24.6 Å². The Kier molecular flexibility index (Phi) is 3.25. The smallest absolute Gasteiger partial charge is 0.0665 e. The fourth-order valence-electron chi connectivity index (χ4n) is 1.28. The first-order valence-electron chi connectivity index (χ1n) is 4.57. The summed E-state index contributed by atoms with van der Waals surface area (Å²) in [5.41, 5.74) is 9.08. The minimum atomic E-state index is 0.630. The van der Waals surface area contributed by atoms with Crippen molar-refractivity contribution in [1.82, 2.24) is 9.78 Å². The van der Waals surface area contributed by atoms with E-state index in [4.69, 9.17) is 5.73 Å². The third-order valence-corrected chi connectivity index (χ3v) is 2.13. The zero-order valence-electron chi connectivity index (χ0n) is 8.54. The molecule has 0 saturated heterocycles. The van der Waals surface area contributed by atoms with E-state index in [1.165, 1.54) is 11.1 Å². The molecule has 0 saturated carbocycles. The van der Waals surface area contributed by atoms with Crippen LogP contribution >= 0.6 is 0 Å². The average molecular weight is 179 g/mol. The molecule has 0 aromatic carbocycles. The van der Waals surface area contributed by atoms with E-state index in [1.54, 1.807) is 0 Å². The maximum atomic E-state index is 5.59. The molecule has 0 aliphatic heterocycles. The van der Waals surface area contributed by atoms with Crippen LogP contribution in [0.25, 0.3) is 6.08 Å². The fraction of sp³-hybridized carbons (Fsp3) is 0.500. The SMILES string of the molecule is CC/C(=C\c1cn(C)nc1C)CN. The number of hydrogen-bond donors (Lipinski definition) is 1. The molecule has 0 fully saturated rings. The zero-order valence-corrected chi connectivity index (χ0v) is 8.54. The van der Waals surface area contributed by atoms with Gasteiger partial charge in [-0.05, 0) is 13.3 Å². The molecular formula is C10H17N3. The summed E-state index contributed by atoms with van der Waals surface area (Å²) in [6.07, 6.45) is 5.15. The van der Waals surface area contributed by atoms with Crippen molar-refractivity contribution in [3.05, 3.63) is 23.0 Å². The van der Waals surface area contributed by atoms with Crippen molar-refractivity contribution in [2.45, 2.75) is 20.3 Å². The fourth-order valence-corrected chi connectivity index (χ4v) is 1.28. The molecule has 1 rings (SSSR count). The van der Waals surface area contributed by atoms with E-state index in [9.17, 15) is 0 Å². The second-order valence-electron chi connectivity index (χ2n) is 3.20. The largest absolute Gasteiger partial charge is 0.327 e. The van der Waals surface area contributed by atoms with Crippen molar-refractivity contribution in [2.24, 2.45) is 12.8 Å². The van der Waals surface area contributed by atoms with Crippen LogP contribution in [0.4, 0.5) is 0 Å². The Bertz CT molecular complexity index is 304. The van der Waals surface area contributed by atoms with E-state index in [0.29, 0.717) is 6.54 Å². The molecule has 3 heteroatoms. The third kappa shape index (κ3) is 2.42. The highest BCUT2D eigenvalue weighted by Gasteiger charge is 2.00. The molecule has 13 heavy (non-hydrogen) atoms. The summed E-state index contributed by atoms with van der Waals surface area (Å²) < 4.78 is 1.82. The monoisotopic (exact) mass is 179 g/mol. The quantitative estimate of drug-likeness (QED) is 0.763. The normalized spacial score (nSPS) is 12.2. The minimum absolute atomic E-state index is 0.630. The Hall–Kier alpha value is -1.09. The van der Waals surface area contributed by atoms with Crippen LogP contribution in [0.2, 0.25) is 0 Å². The molecule has 0 atom stereocenters. The van der Waals surface area contributed by atoms with Gasteiger partial charge in [-0.15, -0.1) is 0 Å². The van der Waals surface area contributed by atoms with E-state index in [1.807, 2.05) is 24.9 Å². The molecule has 0 aliphatic carbocycles. The highest BCUT2D eigenvalue weighted by atomic mass is 15.2. The minimum Gasteiger partial charge on any atom is -0.327 e.